The Morgan fingerprint density at radius 3 is 2.68 bits per heavy atom. The van der Waals surface area contributed by atoms with Gasteiger partial charge in [-0.05, 0) is 44.0 Å². The summed E-state index contributed by atoms with van der Waals surface area (Å²) in [6.07, 6.45) is 3.55. The first-order valence-electron chi connectivity index (χ1n) is 8.24. The summed E-state index contributed by atoms with van der Waals surface area (Å²) >= 11 is 0. The van der Waals surface area contributed by atoms with Gasteiger partial charge in [-0.2, -0.15) is 5.10 Å². The van der Waals surface area contributed by atoms with Gasteiger partial charge in [0.15, 0.2) is 0 Å². The van der Waals surface area contributed by atoms with Crippen molar-refractivity contribution in [2.75, 3.05) is 11.9 Å². The monoisotopic (exact) mass is 334 g/mol. The third-order valence-electron chi connectivity index (χ3n) is 4.12. The quantitative estimate of drug-likeness (QED) is 0.492. The zero-order valence-corrected chi connectivity index (χ0v) is 14.7. The van der Waals surface area contributed by atoms with Crippen molar-refractivity contribution in [1.29, 1.82) is 0 Å². The number of rotatable bonds is 5. The van der Waals surface area contributed by atoms with E-state index in [-0.39, 0.29) is 12.5 Å². The van der Waals surface area contributed by atoms with Crippen LogP contribution < -0.4 is 10.7 Å². The molecule has 3 N–H and O–H groups in total. The van der Waals surface area contributed by atoms with Gasteiger partial charge in [-0.3, -0.25) is 4.79 Å². The van der Waals surface area contributed by atoms with Crippen LogP contribution in [-0.4, -0.2) is 23.7 Å². The second-order valence-corrected chi connectivity index (χ2v) is 6.21. The van der Waals surface area contributed by atoms with Crippen molar-refractivity contribution >= 4 is 28.7 Å². The van der Waals surface area contributed by atoms with E-state index in [1.54, 1.807) is 6.21 Å². The normalized spacial score (nSPS) is 11.2. The minimum Gasteiger partial charge on any atom is -0.376 e. The molecule has 0 bridgehead atoms. The Labute approximate surface area is 147 Å². The fourth-order valence-electron chi connectivity index (χ4n) is 3.06. The molecule has 5 nitrogen and oxygen atoms in total. The Morgan fingerprint density at radius 1 is 1.16 bits per heavy atom. The first-order chi connectivity index (χ1) is 12.0. The van der Waals surface area contributed by atoms with Crippen LogP contribution in [0.5, 0.6) is 0 Å². The van der Waals surface area contributed by atoms with Gasteiger partial charge in [0.05, 0.1) is 12.8 Å². The number of nitrogens with zero attached hydrogens (tertiary/aromatic N) is 1. The Balaban J connectivity index is 1.59. The Kier molecular flexibility index (Phi) is 4.84. The molecule has 1 amide bonds. The summed E-state index contributed by atoms with van der Waals surface area (Å²) in [5.74, 6) is -0.183. The highest BCUT2D eigenvalue weighted by Gasteiger charge is 2.06. The Hall–Kier alpha value is -3.08. The van der Waals surface area contributed by atoms with E-state index >= 15 is 0 Å². The maximum Gasteiger partial charge on any atom is 0.259 e. The van der Waals surface area contributed by atoms with Crippen LogP contribution in [-0.2, 0) is 4.79 Å². The maximum absolute atomic E-state index is 12.0. The number of benzene rings is 2. The molecule has 0 aliphatic carbocycles. The van der Waals surface area contributed by atoms with Crippen LogP contribution in [0.2, 0.25) is 0 Å². The average molecular weight is 334 g/mol. The molecule has 0 saturated heterocycles. The van der Waals surface area contributed by atoms with Gasteiger partial charge in [0.1, 0.15) is 0 Å². The molecule has 0 spiro atoms. The molecule has 2 aromatic carbocycles. The first kappa shape index (κ1) is 16.8. The van der Waals surface area contributed by atoms with E-state index in [0.29, 0.717) is 0 Å². The molecule has 0 saturated carbocycles. The van der Waals surface area contributed by atoms with Crippen molar-refractivity contribution in [3.63, 3.8) is 0 Å². The second kappa shape index (κ2) is 7.21. The fourth-order valence-corrected chi connectivity index (χ4v) is 3.06. The van der Waals surface area contributed by atoms with Gasteiger partial charge in [0.25, 0.3) is 5.91 Å². The summed E-state index contributed by atoms with van der Waals surface area (Å²) in [5.41, 5.74) is 9.05. The number of anilines is 1. The van der Waals surface area contributed by atoms with Crippen molar-refractivity contribution in [3.8, 4) is 0 Å². The molecule has 0 radical (unpaired) electrons. The molecule has 25 heavy (non-hydrogen) atoms. The van der Waals surface area contributed by atoms with E-state index in [1.165, 1.54) is 5.56 Å². The predicted molar refractivity (Wildman–Crippen MR) is 103 cm³/mol. The van der Waals surface area contributed by atoms with Gasteiger partial charge in [0, 0.05) is 28.4 Å². The lowest BCUT2D eigenvalue weighted by atomic mass is 10.1. The zero-order valence-electron chi connectivity index (χ0n) is 14.7. The van der Waals surface area contributed by atoms with Gasteiger partial charge >= 0.3 is 0 Å². The number of fused-ring (bicyclic) bond motifs is 1. The number of aromatic amines is 1. The van der Waals surface area contributed by atoms with Crippen LogP contribution in [0.3, 0.4) is 0 Å². The molecule has 1 heterocycles. The van der Waals surface area contributed by atoms with Crippen molar-refractivity contribution in [2.45, 2.75) is 20.8 Å². The number of amides is 1. The highest BCUT2D eigenvalue weighted by Crippen LogP contribution is 2.21. The van der Waals surface area contributed by atoms with Crippen LogP contribution >= 0.6 is 0 Å². The molecule has 0 atom stereocenters. The smallest absolute Gasteiger partial charge is 0.259 e. The molecule has 0 aliphatic rings. The number of carbonyl (C=O) groups excluding carboxylic acids is 1. The molecular weight excluding hydrogens is 312 g/mol. The number of hydrogen-bond donors (Lipinski definition) is 3. The number of nitrogens with one attached hydrogen (secondary N) is 3. The van der Waals surface area contributed by atoms with E-state index < -0.39 is 0 Å². The Morgan fingerprint density at radius 2 is 1.92 bits per heavy atom. The second-order valence-electron chi connectivity index (χ2n) is 6.21. The van der Waals surface area contributed by atoms with E-state index in [9.17, 15) is 4.79 Å². The molecule has 5 heteroatoms. The van der Waals surface area contributed by atoms with Gasteiger partial charge in [0.2, 0.25) is 0 Å². The van der Waals surface area contributed by atoms with Crippen molar-refractivity contribution < 1.29 is 4.79 Å². The van der Waals surface area contributed by atoms with Crippen LogP contribution in [0.1, 0.15) is 22.3 Å². The lowest BCUT2D eigenvalue weighted by molar-refractivity contribution is -0.119. The number of hydrazone groups is 1. The summed E-state index contributed by atoms with van der Waals surface area (Å²) in [5, 5.41) is 8.33. The van der Waals surface area contributed by atoms with Crippen molar-refractivity contribution in [2.24, 2.45) is 5.10 Å². The molecule has 128 valence electrons. The van der Waals surface area contributed by atoms with Gasteiger partial charge in [-0.1, -0.05) is 29.8 Å². The fraction of sp³-hybridized carbons (Fsp3) is 0.200. The maximum atomic E-state index is 12.0. The minimum absolute atomic E-state index is 0.177. The zero-order chi connectivity index (χ0) is 17.8. The molecular formula is C20H22N4O. The lowest BCUT2D eigenvalue weighted by Gasteiger charge is -2.13. The van der Waals surface area contributed by atoms with E-state index in [2.05, 4.69) is 39.9 Å². The van der Waals surface area contributed by atoms with Gasteiger partial charge in [-0.25, -0.2) is 5.43 Å². The molecule has 0 fully saturated rings. The SMILES string of the molecule is Cc1cc(C)c(NCC(=O)N/N=C/c2cccc3[nH]ccc23)c(C)c1. The topological polar surface area (TPSA) is 69.3 Å². The van der Waals surface area contributed by atoms with Crippen LogP contribution in [0, 0.1) is 20.8 Å². The first-order valence-corrected chi connectivity index (χ1v) is 8.24. The molecule has 0 aliphatic heterocycles. The van der Waals surface area contributed by atoms with Gasteiger partial charge in [-0.15, -0.1) is 0 Å². The standard InChI is InChI=1S/C20H22N4O/c1-13-9-14(2)20(15(3)10-13)22-12-19(25)24-23-11-16-5-4-6-18-17(16)7-8-21-18/h4-11,21-22H,12H2,1-3H3,(H,24,25)/b23-11+. The molecule has 3 aromatic rings. The Bertz CT molecular complexity index is 917. The van der Waals surface area contributed by atoms with Crippen LogP contribution in [0.25, 0.3) is 10.9 Å². The molecule has 1 aromatic heterocycles. The summed E-state index contributed by atoms with van der Waals surface area (Å²) < 4.78 is 0. The minimum atomic E-state index is -0.183. The van der Waals surface area contributed by atoms with Crippen molar-refractivity contribution in [3.05, 3.63) is 64.8 Å². The van der Waals surface area contributed by atoms with Crippen LogP contribution in [0.15, 0.2) is 47.7 Å². The lowest BCUT2D eigenvalue weighted by Crippen LogP contribution is -2.26. The summed E-state index contributed by atoms with van der Waals surface area (Å²) in [4.78, 5) is 15.2. The number of aryl methyl sites for hydroxylation is 3. The largest absolute Gasteiger partial charge is 0.376 e. The highest BCUT2D eigenvalue weighted by atomic mass is 16.2. The number of carbonyl (C=O) groups is 1. The summed E-state index contributed by atoms with van der Waals surface area (Å²) in [7, 11) is 0. The van der Waals surface area contributed by atoms with Crippen LogP contribution in [0.4, 0.5) is 5.69 Å². The molecule has 0 unspecified atom stereocenters. The summed E-state index contributed by atoms with van der Waals surface area (Å²) in [6, 6.07) is 12.1. The number of H-pyrrole nitrogens is 1. The van der Waals surface area contributed by atoms with E-state index in [1.807, 2.05) is 44.3 Å². The van der Waals surface area contributed by atoms with Crippen molar-refractivity contribution in [1.82, 2.24) is 10.4 Å². The highest BCUT2D eigenvalue weighted by molar-refractivity contribution is 5.98. The number of hydrogen-bond acceptors (Lipinski definition) is 3. The molecule has 3 rings (SSSR count). The third kappa shape index (κ3) is 3.88. The van der Waals surface area contributed by atoms with E-state index in [0.717, 1.165) is 33.3 Å². The summed E-state index contributed by atoms with van der Waals surface area (Å²) in [6.45, 7) is 6.32. The van der Waals surface area contributed by atoms with Gasteiger partial charge < -0.3 is 10.3 Å². The third-order valence-corrected chi connectivity index (χ3v) is 4.12. The van der Waals surface area contributed by atoms with E-state index in [4.69, 9.17) is 0 Å². The number of aromatic nitrogens is 1. The predicted octanol–water partition coefficient (Wildman–Crippen LogP) is 3.66. The average Bonchev–Trinajstić information content (AvgIpc) is 3.03.